The molecule has 1 aromatic rings. The third-order valence-corrected chi connectivity index (χ3v) is 3.28. The second-order valence-electron chi connectivity index (χ2n) is 3.84. The first-order chi connectivity index (χ1) is 8.27. The molecule has 1 saturated heterocycles. The van der Waals surface area contributed by atoms with Crippen molar-refractivity contribution in [2.45, 2.75) is 19.8 Å². The van der Waals surface area contributed by atoms with Gasteiger partial charge in [0.1, 0.15) is 0 Å². The number of hydrogen-bond donors (Lipinski definition) is 2. The van der Waals surface area contributed by atoms with Crippen molar-refractivity contribution < 1.29 is 0 Å². The summed E-state index contributed by atoms with van der Waals surface area (Å²) in [6.07, 6.45) is 3.78. The predicted octanol–water partition coefficient (Wildman–Crippen LogP) is 1.66. The second-order valence-corrected chi connectivity index (χ2v) is 4.23. The van der Waals surface area contributed by atoms with E-state index in [-0.39, 0.29) is 0 Å². The fraction of sp³-hybridized carbons (Fsp3) is 0.333. The number of nitrogens with two attached hydrogens (primary N) is 1. The average Bonchev–Trinajstić information content (AvgIpc) is 2.35. The molecule has 1 aliphatic heterocycles. The largest absolute Gasteiger partial charge is 0.321 e. The van der Waals surface area contributed by atoms with Gasteiger partial charge in [-0.05, 0) is 36.3 Å². The summed E-state index contributed by atoms with van der Waals surface area (Å²) in [6, 6.07) is 5.95. The predicted molar refractivity (Wildman–Crippen MR) is 72.7 cm³/mol. The summed E-state index contributed by atoms with van der Waals surface area (Å²) < 4.78 is 0. The number of nitrogens with zero attached hydrogens (tertiary/aromatic N) is 2. The SMILES string of the molecule is CCC(=C1CCN1C(=S)NN)c1ccccn1. The summed E-state index contributed by atoms with van der Waals surface area (Å²) in [5.74, 6) is 5.35. The zero-order chi connectivity index (χ0) is 12.3. The Hall–Kier alpha value is -1.46. The summed E-state index contributed by atoms with van der Waals surface area (Å²) in [4.78, 5) is 6.42. The van der Waals surface area contributed by atoms with Crippen molar-refractivity contribution in [1.29, 1.82) is 0 Å². The van der Waals surface area contributed by atoms with E-state index in [0.29, 0.717) is 5.11 Å². The number of hydrogen-bond acceptors (Lipinski definition) is 3. The number of aromatic nitrogens is 1. The summed E-state index contributed by atoms with van der Waals surface area (Å²) in [5, 5.41) is 0.577. The van der Waals surface area contributed by atoms with Crippen molar-refractivity contribution in [3.05, 3.63) is 35.8 Å². The Labute approximate surface area is 106 Å². The van der Waals surface area contributed by atoms with E-state index in [2.05, 4.69) is 17.3 Å². The normalized spacial score (nSPS) is 17.4. The van der Waals surface area contributed by atoms with Gasteiger partial charge in [-0.3, -0.25) is 4.98 Å². The number of likely N-dealkylation sites (tertiary alicyclic amines) is 1. The minimum absolute atomic E-state index is 0.577. The molecule has 90 valence electrons. The van der Waals surface area contributed by atoms with E-state index in [1.165, 1.54) is 11.3 Å². The highest BCUT2D eigenvalue weighted by atomic mass is 32.1. The summed E-state index contributed by atoms with van der Waals surface area (Å²) in [5.41, 5.74) is 6.03. The molecule has 0 amide bonds. The van der Waals surface area contributed by atoms with Crippen molar-refractivity contribution in [3.63, 3.8) is 0 Å². The first-order valence-corrected chi connectivity index (χ1v) is 6.10. The van der Waals surface area contributed by atoms with Gasteiger partial charge in [-0.15, -0.1) is 0 Å². The minimum atomic E-state index is 0.577. The Kier molecular flexibility index (Phi) is 3.71. The monoisotopic (exact) mass is 248 g/mol. The molecule has 2 rings (SSSR count). The number of thiocarbonyl (C=S) groups is 1. The van der Waals surface area contributed by atoms with Crippen LogP contribution in [0.5, 0.6) is 0 Å². The standard InChI is InChI=1S/C12H16N4S/c1-2-9(10-5-3-4-7-14-10)11-6-8-16(11)12(17)15-13/h3-5,7H,2,6,8,13H2,1H3,(H,15,17). The van der Waals surface area contributed by atoms with Crippen LogP contribution in [0.1, 0.15) is 25.5 Å². The first-order valence-electron chi connectivity index (χ1n) is 5.69. The fourth-order valence-electron chi connectivity index (χ4n) is 2.03. The lowest BCUT2D eigenvalue weighted by molar-refractivity contribution is 0.387. The van der Waals surface area contributed by atoms with E-state index >= 15 is 0 Å². The molecular weight excluding hydrogens is 232 g/mol. The highest BCUT2D eigenvalue weighted by molar-refractivity contribution is 7.80. The molecule has 0 atom stereocenters. The van der Waals surface area contributed by atoms with Gasteiger partial charge in [0, 0.05) is 24.9 Å². The van der Waals surface area contributed by atoms with Crippen molar-refractivity contribution in [2.24, 2.45) is 5.84 Å². The number of nitrogens with one attached hydrogen (secondary N) is 1. The quantitative estimate of drug-likeness (QED) is 0.473. The summed E-state index contributed by atoms with van der Waals surface area (Å²) in [6.45, 7) is 3.06. The van der Waals surface area contributed by atoms with Gasteiger partial charge < -0.3 is 10.3 Å². The van der Waals surface area contributed by atoms with Gasteiger partial charge in [-0.25, -0.2) is 5.84 Å². The van der Waals surface area contributed by atoms with Crippen LogP contribution in [0, 0.1) is 0 Å². The van der Waals surface area contributed by atoms with Crippen molar-refractivity contribution >= 4 is 22.9 Å². The lowest BCUT2D eigenvalue weighted by Crippen LogP contribution is -2.48. The number of rotatable bonds is 2. The zero-order valence-electron chi connectivity index (χ0n) is 9.81. The number of hydrazine groups is 1. The molecule has 17 heavy (non-hydrogen) atoms. The molecule has 1 fully saturated rings. The molecule has 0 bridgehead atoms. The molecule has 4 nitrogen and oxygen atoms in total. The topological polar surface area (TPSA) is 54.2 Å². The minimum Gasteiger partial charge on any atom is -0.321 e. The fourth-order valence-corrected chi connectivity index (χ4v) is 2.23. The number of pyridine rings is 1. The lowest BCUT2D eigenvalue weighted by atomic mass is 9.99. The molecule has 0 unspecified atom stereocenters. The molecular formula is C12H16N4S. The van der Waals surface area contributed by atoms with Gasteiger partial charge in [-0.1, -0.05) is 13.0 Å². The van der Waals surface area contributed by atoms with Crippen LogP contribution in [0.15, 0.2) is 30.1 Å². The van der Waals surface area contributed by atoms with Crippen LogP contribution < -0.4 is 11.3 Å². The maximum Gasteiger partial charge on any atom is 0.187 e. The van der Waals surface area contributed by atoms with Crippen LogP contribution in [-0.2, 0) is 0 Å². The van der Waals surface area contributed by atoms with E-state index in [4.69, 9.17) is 18.1 Å². The Bertz CT molecular complexity index is 441. The van der Waals surface area contributed by atoms with Crippen LogP contribution in [0.25, 0.3) is 5.57 Å². The lowest BCUT2D eigenvalue weighted by Gasteiger charge is -2.38. The Morgan fingerprint density at radius 3 is 2.88 bits per heavy atom. The first kappa shape index (κ1) is 12.0. The van der Waals surface area contributed by atoms with Gasteiger partial charge in [0.2, 0.25) is 0 Å². The molecule has 0 aromatic carbocycles. The number of allylic oxidation sites excluding steroid dienone is 1. The van der Waals surface area contributed by atoms with Crippen LogP contribution in [0.2, 0.25) is 0 Å². The van der Waals surface area contributed by atoms with Gasteiger partial charge in [0.15, 0.2) is 5.11 Å². The summed E-state index contributed by atoms with van der Waals surface area (Å²) in [7, 11) is 0. The smallest absolute Gasteiger partial charge is 0.187 e. The highest BCUT2D eigenvalue weighted by Crippen LogP contribution is 2.31. The van der Waals surface area contributed by atoms with Gasteiger partial charge in [-0.2, -0.15) is 0 Å². The van der Waals surface area contributed by atoms with Crippen molar-refractivity contribution in [2.75, 3.05) is 6.54 Å². The van der Waals surface area contributed by atoms with E-state index < -0.39 is 0 Å². The van der Waals surface area contributed by atoms with Crippen molar-refractivity contribution in [1.82, 2.24) is 15.3 Å². The highest BCUT2D eigenvalue weighted by Gasteiger charge is 2.26. The van der Waals surface area contributed by atoms with Gasteiger partial charge in [0.05, 0.1) is 5.69 Å². The van der Waals surface area contributed by atoms with Gasteiger partial charge >= 0.3 is 0 Å². The van der Waals surface area contributed by atoms with Crippen LogP contribution in [-0.4, -0.2) is 21.5 Å². The van der Waals surface area contributed by atoms with E-state index in [9.17, 15) is 0 Å². The molecule has 5 heteroatoms. The maximum atomic E-state index is 5.35. The Morgan fingerprint density at radius 2 is 2.41 bits per heavy atom. The van der Waals surface area contributed by atoms with Crippen molar-refractivity contribution in [3.8, 4) is 0 Å². The molecule has 3 N–H and O–H groups in total. The molecule has 1 aliphatic rings. The molecule has 2 heterocycles. The van der Waals surface area contributed by atoms with Crippen LogP contribution in [0.4, 0.5) is 0 Å². The molecule has 0 spiro atoms. The molecule has 0 radical (unpaired) electrons. The molecule has 1 aromatic heterocycles. The zero-order valence-corrected chi connectivity index (χ0v) is 10.6. The Balaban J connectivity index is 2.32. The molecule has 0 saturated carbocycles. The van der Waals surface area contributed by atoms with Gasteiger partial charge in [0.25, 0.3) is 0 Å². The Morgan fingerprint density at radius 1 is 1.59 bits per heavy atom. The second kappa shape index (κ2) is 5.25. The third-order valence-electron chi connectivity index (χ3n) is 2.94. The average molecular weight is 248 g/mol. The summed E-state index contributed by atoms with van der Waals surface area (Å²) >= 11 is 5.16. The van der Waals surface area contributed by atoms with E-state index in [0.717, 1.165) is 25.1 Å². The third kappa shape index (κ3) is 2.30. The van der Waals surface area contributed by atoms with E-state index in [1.54, 1.807) is 0 Å². The van der Waals surface area contributed by atoms with E-state index in [1.807, 2.05) is 29.3 Å². The molecule has 0 aliphatic carbocycles. The maximum absolute atomic E-state index is 5.35. The van der Waals surface area contributed by atoms with Crippen LogP contribution >= 0.6 is 12.2 Å². The van der Waals surface area contributed by atoms with Crippen LogP contribution in [0.3, 0.4) is 0 Å².